The predicted octanol–water partition coefficient (Wildman–Crippen LogP) is 3.36. The molecule has 0 aromatic heterocycles. The number of anilines is 2. The molecule has 2 fully saturated rings. The molecule has 5 rings (SSSR count). The minimum atomic E-state index is -0.0329. The topological polar surface area (TPSA) is 71.1 Å². The molecule has 1 atom stereocenters. The molecule has 162 valence electrons. The Morgan fingerprint density at radius 1 is 1.00 bits per heavy atom. The van der Waals surface area contributed by atoms with Crippen LogP contribution in [-0.2, 0) is 9.59 Å². The van der Waals surface area contributed by atoms with Crippen molar-refractivity contribution in [1.29, 1.82) is 0 Å². The molecule has 3 aliphatic rings. The highest BCUT2D eigenvalue weighted by Crippen LogP contribution is 2.38. The van der Waals surface area contributed by atoms with Crippen LogP contribution in [0.15, 0.2) is 42.5 Å². The van der Waals surface area contributed by atoms with Crippen LogP contribution in [0.4, 0.5) is 11.4 Å². The van der Waals surface area contributed by atoms with Crippen LogP contribution in [0, 0.1) is 0 Å². The number of carbonyl (C=O) groups is 2. The Kier molecular flexibility index (Phi) is 5.51. The van der Waals surface area contributed by atoms with Gasteiger partial charge in [-0.15, -0.1) is 0 Å². The fourth-order valence-electron chi connectivity index (χ4n) is 4.69. The average Bonchev–Trinajstić information content (AvgIpc) is 3.43. The summed E-state index contributed by atoms with van der Waals surface area (Å²) in [5, 5.41) is 2.99. The van der Waals surface area contributed by atoms with Gasteiger partial charge in [0.25, 0.3) is 0 Å². The molecule has 3 aliphatic heterocycles. The second-order valence-corrected chi connectivity index (χ2v) is 8.28. The van der Waals surface area contributed by atoms with Gasteiger partial charge in [-0.25, -0.2) is 0 Å². The molecule has 2 aromatic rings. The van der Waals surface area contributed by atoms with Crippen LogP contribution in [-0.4, -0.2) is 49.6 Å². The third-order valence-corrected chi connectivity index (χ3v) is 6.20. The summed E-state index contributed by atoms with van der Waals surface area (Å²) in [6.07, 6.45) is 3.59. The summed E-state index contributed by atoms with van der Waals surface area (Å²) in [4.78, 5) is 28.6. The number of rotatable bonds is 5. The lowest BCUT2D eigenvalue weighted by atomic mass is 10.0. The summed E-state index contributed by atoms with van der Waals surface area (Å²) < 4.78 is 11.3. The van der Waals surface area contributed by atoms with Crippen molar-refractivity contribution in [3.63, 3.8) is 0 Å². The first-order valence-electron chi connectivity index (χ1n) is 11.0. The third kappa shape index (κ3) is 4.23. The van der Waals surface area contributed by atoms with E-state index in [-0.39, 0.29) is 17.9 Å². The Hall–Kier alpha value is -3.06. The van der Waals surface area contributed by atoms with Gasteiger partial charge in [0.2, 0.25) is 11.8 Å². The second-order valence-electron chi connectivity index (χ2n) is 8.28. The van der Waals surface area contributed by atoms with Crippen molar-refractivity contribution in [2.45, 2.75) is 31.7 Å². The molecule has 2 saturated heterocycles. The van der Waals surface area contributed by atoms with Crippen molar-refractivity contribution in [3.05, 3.63) is 48.0 Å². The van der Waals surface area contributed by atoms with Crippen molar-refractivity contribution in [2.75, 3.05) is 43.1 Å². The van der Waals surface area contributed by atoms with Gasteiger partial charge in [-0.2, -0.15) is 0 Å². The van der Waals surface area contributed by atoms with Gasteiger partial charge < -0.3 is 19.7 Å². The van der Waals surface area contributed by atoms with Gasteiger partial charge in [0.1, 0.15) is 13.2 Å². The number of hydrogen-bond acceptors (Lipinski definition) is 5. The Bertz CT molecular complexity index is 975. The van der Waals surface area contributed by atoms with E-state index in [0.717, 1.165) is 60.8 Å². The zero-order chi connectivity index (χ0) is 21.2. The summed E-state index contributed by atoms with van der Waals surface area (Å²) >= 11 is 0. The van der Waals surface area contributed by atoms with E-state index in [1.807, 2.05) is 36.4 Å². The van der Waals surface area contributed by atoms with Crippen LogP contribution < -0.4 is 19.7 Å². The van der Waals surface area contributed by atoms with E-state index >= 15 is 0 Å². The van der Waals surface area contributed by atoms with Crippen molar-refractivity contribution < 1.29 is 19.1 Å². The second kappa shape index (κ2) is 8.59. The Labute approximate surface area is 181 Å². The average molecular weight is 421 g/mol. The van der Waals surface area contributed by atoms with Crippen LogP contribution in [0.1, 0.15) is 37.3 Å². The fraction of sp³-hybridized carbons (Fsp3) is 0.417. The summed E-state index contributed by atoms with van der Waals surface area (Å²) in [6.45, 7) is 3.14. The molecule has 7 nitrogen and oxygen atoms in total. The number of hydrogen-bond donors (Lipinski definition) is 1. The molecule has 2 aromatic carbocycles. The molecule has 7 heteroatoms. The van der Waals surface area contributed by atoms with E-state index in [1.165, 1.54) is 0 Å². The number of amides is 2. The molecule has 0 aliphatic carbocycles. The van der Waals surface area contributed by atoms with E-state index in [0.29, 0.717) is 26.2 Å². The van der Waals surface area contributed by atoms with Gasteiger partial charge in [-0.3, -0.25) is 14.5 Å². The zero-order valence-corrected chi connectivity index (χ0v) is 17.5. The van der Waals surface area contributed by atoms with Gasteiger partial charge in [-0.05, 0) is 67.8 Å². The Balaban J connectivity index is 1.21. The fourth-order valence-corrected chi connectivity index (χ4v) is 4.69. The molecule has 0 unspecified atom stereocenters. The summed E-state index contributed by atoms with van der Waals surface area (Å²) in [5.74, 6) is 1.71. The molecular weight excluding hydrogens is 394 g/mol. The molecule has 2 amide bonds. The summed E-state index contributed by atoms with van der Waals surface area (Å²) in [5.41, 5.74) is 2.79. The number of benzene rings is 2. The number of ether oxygens (including phenoxy) is 2. The van der Waals surface area contributed by atoms with Crippen molar-refractivity contribution >= 4 is 23.2 Å². The van der Waals surface area contributed by atoms with Crippen LogP contribution in [0.2, 0.25) is 0 Å². The lowest BCUT2D eigenvalue weighted by Crippen LogP contribution is -2.33. The van der Waals surface area contributed by atoms with Gasteiger partial charge >= 0.3 is 0 Å². The number of likely N-dealkylation sites (tertiary alicyclic amines) is 1. The minimum absolute atomic E-state index is 0.0329. The van der Waals surface area contributed by atoms with Crippen LogP contribution in [0.25, 0.3) is 0 Å². The monoisotopic (exact) mass is 421 g/mol. The minimum Gasteiger partial charge on any atom is -0.486 e. The van der Waals surface area contributed by atoms with Gasteiger partial charge in [-0.1, -0.05) is 6.07 Å². The lowest BCUT2D eigenvalue weighted by Gasteiger charge is -2.26. The standard InChI is InChI=1S/C24H27N3O4/c28-23(25-18-6-8-19(9-7-18)27-12-2-4-24(27)29)16-26-11-1-3-20(26)17-5-10-21-22(15-17)31-14-13-30-21/h5-10,15,20H,1-4,11-14,16H2,(H,25,28)/t20-/m0/s1. The molecule has 31 heavy (non-hydrogen) atoms. The molecule has 1 N–H and O–H groups in total. The zero-order valence-electron chi connectivity index (χ0n) is 17.5. The van der Waals surface area contributed by atoms with Gasteiger partial charge in [0.05, 0.1) is 6.54 Å². The van der Waals surface area contributed by atoms with Crippen LogP contribution in [0.5, 0.6) is 11.5 Å². The van der Waals surface area contributed by atoms with E-state index in [2.05, 4.69) is 16.3 Å². The van der Waals surface area contributed by atoms with Gasteiger partial charge in [0.15, 0.2) is 11.5 Å². The van der Waals surface area contributed by atoms with Crippen LogP contribution >= 0.6 is 0 Å². The maximum atomic E-state index is 12.7. The van der Waals surface area contributed by atoms with Crippen molar-refractivity contribution in [1.82, 2.24) is 4.90 Å². The number of nitrogens with zero attached hydrogens (tertiary/aromatic N) is 2. The first-order valence-corrected chi connectivity index (χ1v) is 11.0. The quantitative estimate of drug-likeness (QED) is 0.802. The van der Waals surface area contributed by atoms with Crippen molar-refractivity contribution in [3.8, 4) is 11.5 Å². The highest BCUT2D eigenvalue weighted by Gasteiger charge is 2.29. The Morgan fingerprint density at radius 3 is 2.58 bits per heavy atom. The molecule has 3 heterocycles. The highest BCUT2D eigenvalue weighted by molar-refractivity contribution is 5.96. The van der Waals surface area contributed by atoms with E-state index in [4.69, 9.17) is 9.47 Å². The van der Waals surface area contributed by atoms with E-state index in [1.54, 1.807) is 4.90 Å². The van der Waals surface area contributed by atoms with Crippen molar-refractivity contribution in [2.24, 2.45) is 0 Å². The Morgan fingerprint density at radius 2 is 1.81 bits per heavy atom. The normalized spacial score (nSPS) is 20.8. The molecule has 0 radical (unpaired) electrons. The van der Waals surface area contributed by atoms with E-state index in [9.17, 15) is 9.59 Å². The predicted molar refractivity (Wildman–Crippen MR) is 118 cm³/mol. The largest absolute Gasteiger partial charge is 0.486 e. The lowest BCUT2D eigenvalue weighted by molar-refractivity contribution is -0.118. The third-order valence-electron chi connectivity index (χ3n) is 6.20. The number of nitrogens with one attached hydrogen (secondary N) is 1. The highest BCUT2D eigenvalue weighted by atomic mass is 16.6. The molecule has 0 spiro atoms. The molecule has 0 bridgehead atoms. The van der Waals surface area contributed by atoms with Gasteiger partial charge in [0, 0.05) is 30.4 Å². The van der Waals surface area contributed by atoms with E-state index < -0.39 is 0 Å². The molecule has 0 saturated carbocycles. The smallest absolute Gasteiger partial charge is 0.238 e. The first-order chi connectivity index (χ1) is 15.2. The first kappa shape index (κ1) is 19.9. The maximum absolute atomic E-state index is 12.7. The maximum Gasteiger partial charge on any atom is 0.238 e. The molecular formula is C24H27N3O4. The summed E-state index contributed by atoms with van der Waals surface area (Å²) in [6, 6.07) is 13.8. The SMILES string of the molecule is O=C(CN1CCC[C@H]1c1ccc2c(c1)OCCO2)Nc1ccc(N2CCCC2=O)cc1. The summed E-state index contributed by atoms with van der Waals surface area (Å²) in [7, 11) is 0. The number of carbonyl (C=O) groups excluding carboxylic acids is 2. The number of fused-ring (bicyclic) bond motifs is 1. The van der Waals surface area contributed by atoms with Crippen LogP contribution in [0.3, 0.4) is 0 Å².